The summed E-state index contributed by atoms with van der Waals surface area (Å²) in [7, 11) is 0. The lowest BCUT2D eigenvalue weighted by molar-refractivity contribution is -0.138. The van der Waals surface area contributed by atoms with Crippen LogP contribution in [0.5, 0.6) is 0 Å². The van der Waals surface area contributed by atoms with Crippen LogP contribution < -0.4 is 21.7 Å². The Morgan fingerprint density at radius 3 is 1.93 bits per heavy atom. The number of aliphatic hydroxyl groups is 1. The summed E-state index contributed by atoms with van der Waals surface area (Å²) < 4.78 is 0. The fraction of sp³-hybridized carbons (Fsp3) is 0.737. The van der Waals surface area contributed by atoms with Crippen LogP contribution in [0.15, 0.2) is 0 Å². The van der Waals surface area contributed by atoms with Gasteiger partial charge in [0.05, 0.1) is 6.61 Å². The van der Waals surface area contributed by atoms with Gasteiger partial charge in [0.15, 0.2) is 0 Å². The predicted octanol–water partition coefficient (Wildman–Crippen LogP) is -1.12. The maximum Gasteiger partial charge on any atom is 0.303 e. The van der Waals surface area contributed by atoms with Gasteiger partial charge < -0.3 is 31.9 Å². The van der Waals surface area contributed by atoms with Crippen LogP contribution in [0.3, 0.4) is 0 Å². The molecule has 0 rings (SSSR count). The van der Waals surface area contributed by atoms with Crippen molar-refractivity contribution in [3.05, 3.63) is 0 Å². The minimum absolute atomic E-state index is 0.0350. The summed E-state index contributed by atoms with van der Waals surface area (Å²) in [6.45, 7) is 6.44. The van der Waals surface area contributed by atoms with E-state index in [-0.39, 0.29) is 24.7 Å². The first kappa shape index (κ1) is 27.3. The van der Waals surface area contributed by atoms with Crippen molar-refractivity contribution in [2.75, 3.05) is 6.61 Å². The van der Waals surface area contributed by atoms with Gasteiger partial charge in [-0.05, 0) is 18.3 Å². The third kappa shape index (κ3) is 10.2. The average Bonchev–Trinajstić information content (AvgIpc) is 2.65. The van der Waals surface area contributed by atoms with E-state index >= 15 is 0 Å². The zero-order chi connectivity index (χ0) is 23.4. The van der Waals surface area contributed by atoms with Crippen LogP contribution in [-0.4, -0.2) is 64.5 Å². The third-order valence-electron chi connectivity index (χ3n) is 4.53. The molecule has 0 aromatic carbocycles. The molecule has 11 heteroatoms. The Morgan fingerprint density at radius 2 is 1.50 bits per heavy atom. The molecule has 0 aliphatic rings. The number of hydrogen-bond donors (Lipinski definition) is 6. The van der Waals surface area contributed by atoms with Gasteiger partial charge in [0, 0.05) is 12.8 Å². The SMILES string of the molecule is CC[C@H](C)[C@H](NC(=O)[C@H](CCC(=O)O)NC(=O)[C@H](CO)NC(=O)CC(C)C)C(N)=O. The normalized spacial score (nSPS) is 14.9. The first-order valence-corrected chi connectivity index (χ1v) is 9.94. The number of carbonyl (C=O) groups excluding carboxylic acids is 4. The van der Waals surface area contributed by atoms with E-state index in [1.165, 1.54) is 0 Å². The van der Waals surface area contributed by atoms with Crippen LogP contribution in [-0.2, 0) is 24.0 Å². The van der Waals surface area contributed by atoms with E-state index in [0.29, 0.717) is 6.42 Å². The van der Waals surface area contributed by atoms with Gasteiger partial charge in [-0.2, -0.15) is 0 Å². The first-order valence-electron chi connectivity index (χ1n) is 9.94. The summed E-state index contributed by atoms with van der Waals surface area (Å²) in [6, 6.07) is -3.60. The molecule has 0 aromatic rings. The van der Waals surface area contributed by atoms with Crippen molar-refractivity contribution in [3.8, 4) is 0 Å². The molecule has 0 spiro atoms. The van der Waals surface area contributed by atoms with Gasteiger partial charge in [-0.1, -0.05) is 34.1 Å². The molecule has 0 fully saturated rings. The second kappa shape index (κ2) is 13.5. The Bertz CT molecular complexity index is 624. The number of hydrogen-bond acceptors (Lipinski definition) is 6. The van der Waals surface area contributed by atoms with Gasteiger partial charge in [0.25, 0.3) is 0 Å². The minimum Gasteiger partial charge on any atom is -0.481 e. The number of nitrogens with two attached hydrogens (primary N) is 1. The highest BCUT2D eigenvalue weighted by atomic mass is 16.4. The topological polar surface area (TPSA) is 188 Å². The van der Waals surface area contributed by atoms with Crippen molar-refractivity contribution in [1.29, 1.82) is 0 Å². The van der Waals surface area contributed by atoms with Gasteiger partial charge in [-0.3, -0.25) is 24.0 Å². The summed E-state index contributed by atoms with van der Waals surface area (Å²) in [5, 5.41) is 25.5. The van der Waals surface area contributed by atoms with Crippen LogP contribution in [0.25, 0.3) is 0 Å². The first-order chi connectivity index (χ1) is 13.9. The van der Waals surface area contributed by atoms with Crippen LogP contribution in [0, 0.1) is 11.8 Å². The number of aliphatic hydroxyl groups excluding tert-OH is 1. The summed E-state index contributed by atoms with van der Waals surface area (Å²) >= 11 is 0. The zero-order valence-corrected chi connectivity index (χ0v) is 17.9. The summed E-state index contributed by atoms with van der Waals surface area (Å²) in [6.07, 6.45) is 0.0137. The lowest BCUT2D eigenvalue weighted by Crippen LogP contribution is -2.58. The highest BCUT2D eigenvalue weighted by Gasteiger charge is 2.30. The van der Waals surface area contributed by atoms with Crippen molar-refractivity contribution < 1.29 is 34.2 Å². The molecule has 0 saturated carbocycles. The average molecular weight is 431 g/mol. The van der Waals surface area contributed by atoms with E-state index in [1.807, 2.05) is 20.8 Å². The Hall–Kier alpha value is -2.69. The van der Waals surface area contributed by atoms with Crippen molar-refractivity contribution in [2.24, 2.45) is 17.6 Å². The standard InChI is InChI=1S/C19H34N4O7/c1-5-11(4)16(17(20)28)23-18(29)12(6-7-15(26)27)22-19(30)13(9-24)21-14(25)8-10(2)3/h10-13,16,24H,5-9H2,1-4H3,(H2,20,28)(H,21,25)(H,22,30)(H,23,29)(H,26,27)/t11-,12-,13-,16-/m0/s1. The Balaban J connectivity index is 5.32. The molecule has 11 nitrogen and oxygen atoms in total. The molecule has 0 unspecified atom stereocenters. The lowest BCUT2D eigenvalue weighted by Gasteiger charge is -2.26. The number of aliphatic carboxylic acids is 1. The van der Waals surface area contributed by atoms with Crippen molar-refractivity contribution >= 4 is 29.6 Å². The molecule has 7 N–H and O–H groups in total. The van der Waals surface area contributed by atoms with Crippen LogP contribution in [0.4, 0.5) is 0 Å². The van der Waals surface area contributed by atoms with Crippen molar-refractivity contribution in [2.45, 2.75) is 71.5 Å². The molecular formula is C19H34N4O7. The Morgan fingerprint density at radius 1 is 0.933 bits per heavy atom. The Kier molecular flexibility index (Phi) is 12.3. The Labute approximate surface area is 176 Å². The molecule has 4 amide bonds. The lowest BCUT2D eigenvalue weighted by atomic mass is 9.98. The third-order valence-corrected chi connectivity index (χ3v) is 4.53. The number of carbonyl (C=O) groups is 5. The number of amides is 4. The fourth-order valence-corrected chi connectivity index (χ4v) is 2.61. The van der Waals surface area contributed by atoms with Gasteiger partial charge in [-0.25, -0.2) is 0 Å². The highest BCUT2D eigenvalue weighted by Crippen LogP contribution is 2.09. The molecule has 4 atom stereocenters. The van der Waals surface area contributed by atoms with Crippen LogP contribution >= 0.6 is 0 Å². The van der Waals surface area contributed by atoms with Gasteiger partial charge >= 0.3 is 5.97 Å². The fourth-order valence-electron chi connectivity index (χ4n) is 2.61. The number of carboxylic acids is 1. The molecule has 0 heterocycles. The summed E-state index contributed by atoms with van der Waals surface area (Å²) in [5.74, 6) is -4.25. The molecule has 0 aromatic heterocycles. The van der Waals surface area contributed by atoms with E-state index in [4.69, 9.17) is 10.8 Å². The van der Waals surface area contributed by atoms with E-state index in [0.717, 1.165) is 0 Å². The number of carboxylic acid groups (broad SMARTS) is 1. The molecular weight excluding hydrogens is 396 g/mol. The molecule has 0 radical (unpaired) electrons. The minimum atomic E-state index is -1.31. The van der Waals surface area contributed by atoms with E-state index < -0.39 is 60.8 Å². The second-order valence-electron chi connectivity index (χ2n) is 7.67. The molecule has 0 bridgehead atoms. The number of nitrogens with one attached hydrogen (secondary N) is 3. The number of rotatable bonds is 14. The van der Waals surface area contributed by atoms with Crippen molar-refractivity contribution in [1.82, 2.24) is 16.0 Å². The van der Waals surface area contributed by atoms with Gasteiger partial charge in [0.2, 0.25) is 23.6 Å². The summed E-state index contributed by atoms with van der Waals surface area (Å²) in [5.41, 5.74) is 5.33. The predicted molar refractivity (Wildman–Crippen MR) is 108 cm³/mol. The maximum atomic E-state index is 12.6. The van der Waals surface area contributed by atoms with Crippen molar-refractivity contribution in [3.63, 3.8) is 0 Å². The number of primary amides is 1. The molecule has 30 heavy (non-hydrogen) atoms. The maximum absolute atomic E-state index is 12.6. The van der Waals surface area contributed by atoms with Crippen LogP contribution in [0.2, 0.25) is 0 Å². The zero-order valence-electron chi connectivity index (χ0n) is 17.9. The molecule has 0 saturated heterocycles. The second-order valence-corrected chi connectivity index (χ2v) is 7.67. The summed E-state index contributed by atoms with van der Waals surface area (Å²) in [4.78, 5) is 59.5. The smallest absolute Gasteiger partial charge is 0.303 e. The van der Waals surface area contributed by atoms with Gasteiger partial charge in [-0.15, -0.1) is 0 Å². The van der Waals surface area contributed by atoms with E-state index in [9.17, 15) is 29.1 Å². The highest BCUT2D eigenvalue weighted by molar-refractivity contribution is 5.94. The molecule has 0 aliphatic carbocycles. The van der Waals surface area contributed by atoms with Gasteiger partial charge in [0.1, 0.15) is 18.1 Å². The largest absolute Gasteiger partial charge is 0.481 e. The quantitative estimate of drug-likeness (QED) is 0.201. The monoisotopic (exact) mass is 430 g/mol. The van der Waals surface area contributed by atoms with E-state index in [1.54, 1.807) is 6.92 Å². The van der Waals surface area contributed by atoms with E-state index in [2.05, 4.69) is 16.0 Å². The molecule has 172 valence electrons. The molecule has 0 aliphatic heterocycles. The van der Waals surface area contributed by atoms with Crippen LogP contribution in [0.1, 0.15) is 53.4 Å².